The average Bonchev–Trinajstić information content (AvgIpc) is 2.53. The monoisotopic (exact) mass is 296 g/mol. The average molecular weight is 296 g/mol. The van der Waals surface area contributed by atoms with Crippen LogP contribution < -0.4 is 20.9 Å². The molecule has 0 spiro atoms. The second kappa shape index (κ2) is 7.94. The van der Waals surface area contributed by atoms with Crippen LogP contribution in [0.25, 0.3) is 0 Å². The van der Waals surface area contributed by atoms with Crippen LogP contribution >= 0.6 is 0 Å². The lowest BCUT2D eigenvalue weighted by atomic mass is 10.1. The SMILES string of the molecule is CCCOc1nc(NN)nc(N2CCCC(OCC)C2)n1. The summed E-state index contributed by atoms with van der Waals surface area (Å²) in [5.41, 5.74) is 2.46. The molecule has 1 aromatic heterocycles. The summed E-state index contributed by atoms with van der Waals surface area (Å²) in [7, 11) is 0. The maximum absolute atomic E-state index is 5.70. The van der Waals surface area contributed by atoms with Gasteiger partial charge in [-0.2, -0.15) is 15.0 Å². The fraction of sp³-hybridized carbons (Fsp3) is 0.769. The number of nitrogens with one attached hydrogen (secondary N) is 1. The minimum Gasteiger partial charge on any atom is -0.463 e. The van der Waals surface area contributed by atoms with Crippen molar-refractivity contribution in [3.05, 3.63) is 0 Å². The number of nitrogen functional groups attached to an aromatic ring is 1. The Hall–Kier alpha value is -1.67. The van der Waals surface area contributed by atoms with E-state index < -0.39 is 0 Å². The summed E-state index contributed by atoms with van der Waals surface area (Å²) in [4.78, 5) is 14.9. The Kier molecular flexibility index (Phi) is 5.94. The number of piperidine rings is 1. The van der Waals surface area contributed by atoms with Crippen LogP contribution in [0, 0.1) is 0 Å². The van der Waals surface area contributed by atoms with Crippen molar-refractivity contribution in [1.29, 1.82) is 0 Å². The van der Waals surface area contributed by atoms with Gasteiger partial charge < -0.3 is 14.4 Å². The van der Waals surface area contributed by atoms with Gasteiger partial charge in [0.15, 0.2) is 0 Å². The van der Waals surface area contributed by atoms with E-state index in [9.17, 15) is 0 Å². The molecule has 1 unspecified atom stereocenters. The first kappa shape index (κ1) is 15.7. The predicted octanol–water partition coefficient (Wildman–Crippen LogP) is 0.951. The molecule has 2 rings (SSSR count). The molecule has 0 aliphatic carbocycles. The first-order valence-corrected chi connectivity index (χ1v) is 7.48. The van der Waals surface area contributed by atoms with Gasteiger partial charge in [0.25, 0.3) is 0 Å². The summed E-state index contributed by atoms with van der Waals surface area (Å²) < 4.78 is 11.2. The minimum atomic E-state index is 0.217. The van der Waals surface area contributed by atoms with Gasteiger partial charge in [0.2, 0.25) is 11.9 Å². The molecule has 2 heterocycles. The number of aromatic nitrogens is 3. The molecule has 1 aliphatic heterocycles. The Labute approximate surface area is 125 Å². The number of hydrazine groups is 1. The van der Waals surface area contributed by atoms with Gasteiger partial charge in [-0.25, -0.2) is 5.84 Å². The minimum absolute atomic E-state index is 0.217. The van der Waals surface area contributed by atoms with Gasteiger partial charge in [-0.05, 0) is 26.2 Å². The number of hydrogen-bond donors (Lipinski definition) is 2. The maximum atomic E-state index is 5.70. The van der Waals surface area contributed by atoms with Gasteiger partial charge in [0.05, 0.1) is 12.7 Å². The molecule has 1 aromatic rings. The van der Waals surface area contributed by atoms with Crippen molar-refractivity contribution in [1.82, 2.24) is 15.0 Å². The van der Waals surface area contributed by atoms with Crippen LogP contribution in [0.2, 0.25) is 0 Å². The second-order valence-corrected chi connectivity index (χ2v) is 4.90. The molecule has 0 radical (unpaired) electrons. The summed E-state index contributed by atoms with van der Waals surface area (Å²) in [5, 5.41) is 0. The third-order valence-corrected chi connectivity index (χ3v) is 3.23. The van der Waals surface area contributed by atoms with E-state index in [2.05, 4.69) is 25.3 Å². The van der Waals surface area contributed by atoms with Crippen molar-refractivity contribution in [3.8, 4) is 6.01 Å². The lowest BCUT2D eigenvalue weighted by Crippen LogP contribution is -2.40. The molecule has 0 amide bonds. The molecule has 1 fully saturated rings. The standard InChI is InChI=1S/C13H24N6O2/c1-3-8-21-13-16-11(18-14)15-12(17-13)19-7-5-6-10(9-19)20-4-2/h10H,3-9,14H2,1-2H3,(H,15,16,17,18). The summed E-state index contributed by atoms with van der Waals surface area (Å²) in [6.45, 7) is 6.99. The number of nitrogens with zero attached hydrogens (tertiary/aromatic N) is 4. The van der Waals surface area contributed by atoms with Crippen LogP contribution in [0.1, 0.15) is 33.1 Å². The number of nitrogens with two attached hydrogens (primary N) is 1. The summed E-state index contributed by atoms with van der Waals surface area (Å²) in [5.74, 6) is 6.31. The highest BCUT2D eigenvalue weighted by atomic mass is 16.5. The Balaban J connectivity index is 2.13. The first-order valence-electron chi connectivity index (χ1n) is 7.48. The first-order chi connectivity index (χ1) is 10.3. The summed E-state index contributed by atoms with van der Waals surface area (Å²) >= 11 is 0. The molecular weight excluding hydrogens is 272 g/mol. The maximum Gasteiger partial charge on any atom is 0.323 e. The van der Waals surface area contributed by atoms with E-state index in [-0.39, 0.29) is 6.10 Å². The number of rotatable bonds is 7. The van der Waals surface area contributed by atoms with Gasteiger partial charge in [-0.1, -0.05) is 6.92 Å². The zero-order valence-electron chi connectivity index (χ0n) is 12.7. The highest BCUT2D eigenvalue weighted by Crippen LogP contribution is 2.20. The van der Waals surface area contributed by atoms with Crippen LogP contribution in [0.15, 0.2) is 0 Å². The van der Waals surface area contributed by atoms with Crippen molar-refractivity contribution in [2.45, 2.75) is 39.2 Å². The molecular formula is C13H24N6O2. The normalized spacial score (nSPS) is 18.6. The van der Waals surface area contributed by atoms with E-state index >= 15 is 0 Å². The zero-order chi connectivity index (χ0) is 15.1. The van der Waals surface area contributed by atoms with Gasteiger partial charge in [-0.3, -0.25) is 5.43 Å². The van der Waals surface area contributed by atoms with Crippen LogP contribution in [0.4, 0.5) is 11.9 Å². The fourth-order valence-electron chi connectivity index (χ4n) is 2.30. The van der Waals surface area contributed by atoms with E-state index in [4.69, 9.17) is 15.3 Å². The molecule has 21 heavy (non-hydrogen) atoms. The molecule has 1 atom stereocenters. The highest BCUT2D eigenvalue weighted by molar-refractivity contribution is 5.38. The quantitative estimate of drug-likeness (QED) is 0.567. The smallest absolute Gasteiger partial charge is 0.323 e. The summed E-state index contributed by atoms with van der Waals surface area (Å²) in [6.07, 6.45) is 3.22. The molecule has 0 saturated carbocycles. The molecule has 1 aliphatic rings. The number of ether oxygens (including phenoxy) is 2. The lowest BCUT2D eigenvalue weighted by molar-refractivity contribution is 0.0523. The highest BCUT2D eigenvalue weighted by Gasteiger charge is 2.23. The predicted molar refractivity (Wildman–Crippen MR) is 80.3 cm³/mol. The van der Waals surface area contributed by atoms with Crippen LogP contribution in [-0.4, -0.2) is 47.4 Å². The van der Waals surface area contributed by atoms with E-state index in [0.717, 1.165) is 39.0 Å². The van der Waals surface area contributed by atoms with Crippen LogP contribution in [-0.2, 0) is 4.74 Å². The molecule has 1 saturated heterocycles. The Bertz CT molecular complexity index is 443. The van der Waals surface area contributed by atoms with E-state index in [1.807, 2.05) is 13.8 Å². The largest absolute Gasteiger partial charge is 0.463 e. The van der Waals surface area contributed by atoms with Crippen molar-refractivity contribution in [3.63, 3.8) is 0 Å². The molecule has 0 bridgehead atoms. The zero-order valence-corrected chi connectivity index (χ0v) is 12.7. The third kappa shape index (κ3) is 4.40. The van der Waals surface area contributed by atoms with Gasteiger partial charge >= 0.3 is 6.01 Å². The topological polar surface area (TPSA) is 98.4 Å². The van der Waals surface area contributed by atoms with Crippen molar-refractivity contribution in [2.24, 2.45) is 5.84 Å². The van der Waals surface area contributed by atoms with Gasteiger partial charge in [-0.15, -0.1) is 0 Å². The van der Waals surface area contributed by atoms with Gasteiger partial charge in [0, 0.05) is 19.7 Å². The Morgan fingerprint density at radius 1 is 1.33 bits per heavy atom. The molecule has 0 aromatic carbocycles. The molecule has 8 heteroatoms. The lowest BCUT2D eigenvalue weighted by Gasteiger charge is -2.32. The molecule has 118 valence electrons. The molecule has 3 N–H and O–H groups in total. The van der Waals surface area contributed by atoms with Crippen molar-refractivity contribution < 1.29 is 9.47 Å². The number of anilines is 2. The third-order valence-electron chi connectivity index (χ3n) is 3.23. The van der Waals surface area contributed by atoms with E-state index in [1.165, 1.54) is 0 Å². The Morgan fingerprint density at radius 2 is 2.19 bits per heavy atom. The van der Waals surface area contributed by atoms with Gasteiger partial charge in [0.1, 0.15) is 0 Å². The van der Waals surface area contributed by atoms with Crippen LogP contribution in [0.5, 0.6) is 6.01 Å². The molecule has 8 nitrogen and oxygen atoms in total. The summed E-state index contributed by atoms with van der Waals surface area (Å²) in [6, 6.07) is 0.299. The second-order valence-electron chi connectivity index (χ2n) is 4.90. The van der Waals surface area contributed by atoms with E-state index in [1.54, 1.807) is 0 Å². The fourth-order valence-corrected chi connectivity index (χ4v) is 2.30. The van der Waals surface area contributed by atoms with Crippen molar-refractivity contribution >= 4 is 11.9 Å². The number of hydrogen-bond acceptors (Lipinski definition) is 8. The van der Waals surface area contributed by atoms with Crippen LogP contribution in [0.3, 0.4) is 0 Å². The Morgan fingerprint density at radius 3 is 2.90 bits per heavy atom. The van der Waals surface area contributed by atoms with Crippen molar-refractivity contribution in [2.75, 3.05) is 36.6 Å². The van der Waals surface area contributed by atoms with E-state index in [0.29, 0.717) is 24.5 Å².